The number of nitrogen functional groups attached to an aromatic ring is 1. The van der Waals surface area contributed by atoms with Crippen molar-refractivity contribution < 1.29 is 36.6 Å². The predicted molar refractivity (Wildman–Crippen MR) is 106 cm³/mol. The Kier molecular flexibility index (Phi) is 5.45. The summed E-state index contributed by atoms with van der Waals surface area (Å²) in [4.78, 5) is 34.6. The highest BCUT2D eigenvalue weighted by Gasteiger charge is 2.39. The summed E-state index contributed by atoms with van der Waals surface area (Å²) in [5.41, 5.74) is 5.46. The number of amides is 3. The van der Waals surface area contributed by atoms with Crippen LogP contribution in [0, 0.1) is 5.82 Å². The van der Waals surface area contributed by atoms with Crippen LogP contribution in [0.2, 0.25) is 0 Å². The van der Waals surface area contributed by atoms with E-state index in [2.05, 4.69) is 14.7 Å². The highest BCUT2D eigenvalue weighted by atomic mass is 19.4. The van der Waals surface area contributed by atoms with E-state index in [1.807, 2.05) is 0 Å². The third-order valence-electron chi connectivity index (χ3n) is 4.40. The first-order chi connectivity index (χ1) is 15.6. The second-order valence-corrected chi connectivity index (χ2v) is 6.63. The van der Waals surface area contributed by atoms with Gasteiger partial charge >= 0.3 is 12.4 Å². The van der Waals surface area contributed by atoms with Gasteiger partial charge in [0.2, 0.25) is 5.95 Å². The first-order valence-corrected chi connectivity index (χ1v) is 9.16. The molecule has 1 fully saturated rings. The van der Waals surface area contributed by atoms with Crippen molar-refractivity contribution in [3.8, 4) is 17.2 Å². The SMILES string of the molecule is Nc1ncc(Oc2ccc(N3C(=O)CN(c4ccc(F)c(OC(F)(F)F)c4)C3=O)cc2)cn1. The van der Waals surface area contributed by atoms with Gasteiger partial charge in [0.1, 0.15) is 12.3 Å². The molecule has 1 aliphatic rings. The van der Waals surface area contributed by atoms with Crippen molar-refractivity contribution in [3.63, 3.8) is 0 Å². The van der Waals surface area contributed by atoms with E-state index in [1.165, 1.54) is 36.7 Å². The Labute approximate surface area is 183 Å². The number of nitrogens with zero attached hydrogens (tertiary/aromatic N) is 4. The minimum absolute atomic E-state index is 0.0755. The molecule has 0 unspecified atom stereocenters. The zero-order valence-electron chi connectivity index (χ0n) is 16.4. The summed E-state index contributed by atoms with van der Waals surface area (Å²) in [5.74, 6) is -2.28. The molecule has 0 aliphatic carbocycles. The number of halogens is 4. The molecule has 2 N–H and O–H groups in total. The number of anilines is 3. The van der Waals surface area contributed by atoms with Crippen molar-refractivity contribution in [1.82, 2.24) is 9.97 Å². The van der Waals surface area contributed by atoms with Gasteiger partial charge in [-0.05, 0) is 36.4 Å². The van der Waals surface area contributed by atoms with Crippen molar-refractivity contribution >= 4 is 29.3 Å². The number of aromatic nitrogens is 2. The molecule has 1 aliphatic heterocycles. The number of carbonyl (C=O) groups is 2. The third kappa shape index (κ3) is 4.76. The number of benzene rings is 2. The van der Waals surface area contributed by atoms with Crippen molar-refractivity contribution in [1.29, 1.82) is 0 Å². The molecular weight excluding hydrogens is 450 g/mol. The monoisotopic (exact) mass is 463 g/mol. The summed E-state index contributed by atoms with van der Waals surface area (Å²) in [5, 5.41) is 0. The molecule has 33 heavy (non-hydrogen) atoms. The minimum atomic E-state index is -5.13. The number of carbonyl (C=O) groups excluding carboxylic acids is 2. The fourth-order valence-electron chi connectivity index (χ4n) is 3.00. The van der Waals surface area contributed by atoms with Crippen LogP contribution in [0.3, 0.4) is 0 Å². The van der Waals surface area contributed by atoms with Crippen LogP contribution in [0.15, 0.2) is 54.9 Å². The average molecular weight is 463 g/mol. The minimum Gasteiger partial charge on any atom is -0.454 e. The summed E-state index contributed by atoms with van der Waals surface area (Å²) >= 11 is 0. The zero-order valence-corrected chi connectivity index (χ0v) is 16.4. The molecule has 9 nitrogen and oxygen atoms in total. The highest BCUT2D eigenvalue weighted by molar-refractivity contribution is 6.26. The van der Waals surface area contributed by atoms with E-state index in [0.29, 0.717) is 23.6 Å². The molecule has 2 aromatic carbocycles. The van der Waals surface area contributed by atoms with Crippen LogP contribution in [0.25, 0.3) is 0 Å². The van der Waals surface area contributed by atoms with Crippen molar-refractivity contribution in [2.75, 3.05) is 22.1 Å². The van der Waals surface area contributed by atoms with Gasteiger partial charge in [-0.3, -0.25) is 9.69 Å². The van der Waals surface area contributed by atoms with Crippen LogP contribution in [0.1, 0.15) is 0 Å². The number of hydrogen-bond donors (Lipinski definition) is 1. The molecule has 0 saturated carbocycles. The van der Waals surface area contributed by atoms with Crippen LogP contribution in [0.5, 0.6) is 17.2 Å². The Balaban J connectivity index is 1.52. The molecular formula is C20H13F4N5O4. The van der Waals surface area contributed by atoms with Gasteiger partial charge in [0.25, 0.3) is 5.91 Å². The van der Waals surface area contributed by atoms with Gasteiger partial charge in [0, 0.05) is 11.8 Å². The van der Waals surface area contributed by atoms with Gasteiger partial charge in [0.05, 0.1) is 18.1 Å². The Morgan fingerprint density at radius 3 is 2.21 bits per heavy atom. The third-order valence-corrected chi connectivity index (χ3v) is 4.40. The number of ether oxygens (including phenoxy) is 2. The van der Waals surface area contributed by atoms with Crippen LogP contribution >= 0.6 is 0 Å². The Morgan fingerprint density at radius 2 is 1.58 bits per heavy atom. The molecule has 13 heteroatoms. The maximum atomic E-state index is 13.7. The van der Waals surface area contributed by atoms with Crippen molar-refractivity contribution in [2.24, 2.45) is 0 Å². The first kappa shape index (κ1) is 21.8. The van der Waals surface area contributed by atoms with E-state index < -0.39 is 36.4 Å². The zero-order chi connectivity index (χ0) is 23.8. The lowest BCUT2D eigenvalue weighted by Crippen LogP contribution is -2.33. The van der Waals surface area contributed by atoms with Crippen LogP contribution < -0.4 is 25.0 Å². The fraction of sp³-hybridized carbons (Fsp3) is 0.100. The normalized spacial score (nSPS) is 14.1. The maximum absolute atomic E-state index is 13.7. The molecule has 0 atom stereocenters. The summed E-state index contributed by atoms with van der Waals surface area (Å²) < 4.78 is 60.3. The first-order valence-electron chi connectivity index (χ1n) is 9.16. The largest absolute Gasteiger partial charge is 0.573 e. The van der Waals surface area contributed by atoms with Gasteiger partial charge in [-0.25, -0.2) is 24.1 Å². The van der Waals surface area contributed by atoms with E-state index >= 15 is 0 Å². The Hall–Kier alpha value is -4.42. The van der Waals surface area contributed by atoms with Gasteiger partial charge < -0.3 is 15.2 Å². The summed E-state index contributed by atoms with van der Waals surface area (Å²) in [7, 11) is 0. The van der Waals surface area contributed by atoms with E-state index in [-0.39, 0.29) is 17.3 Å². The lowest BCUT2D eigenvalue weighted by molar-refractivity contribution is -0.275. The van der Waals surface area contributed by atoms with Crippen LogP contribution in [-0.4, -0.2) is 34.8 Å². The Morgan fingerprint density at radius 1 is 0.939 bits per heavy atom. The molecule has 0 bridgehead atoms. The number of rotatable bonds is 5. The van der Waals surface area contributed by atoms with E-state index in [9.17, 15) is 27.2 Å². The van der Waals surface area contributed by atoms with Crippen LogP contribution in [0.4, 0.5) is 39.7 Å². The molecule has 1 aromatic heterocycles. The summed E-state index contributed by atoms with van der Waals surface area (Å²) in [6, 6.07) is 7.51. The standard InChI is InChI=1S/C20H13F4N5O4/c21-15-6-3-12(7-16(15)33-20(22,23)24)28-10-17(30)29(19(28)31)11-1-4-13(5-2-11)32-14-8-26-18(25)27-9-14/h1-9H,10H2,(H2,25,26,27). The van der Waals surface area contributed by atoms with Gasteiger partial charge in [-0.1, -0.05) is 0 Å². The quantitative estimate of drug-likeness (QED) is 0.452. The lowest BCUT2D eigenvalue weighted by atomic mass is 10.2. The van der Waals surface area contributed by atoms with E-state index in [0.717, 1.165) is 15.9 Å². The second kappa shape index (κ2) is 8.26. The van der Waals surface area contributed by atoms with E-state index in [4.69, 9.17) is 10.5 Å². The molecule has 3 amide bonds. The smallest absolute Gasteiger partial charge is 0.454 e. The number of imide groups is 1. The number of hydrogen-bond acceptors (Lipinski definition) is 7. The van der Waals surface area contributed by atoms with Gasteiger partial charge in [-0.15, -0.1) is 13.2 Å². The topological polar surface area (TPSA) is 111 Å². The van der Waals surface area contributed by atoms with Crippen molar-refractivity contribution in [2.45, 2.75) is 6.36 Å². The molecule has 170 valence electrons. The molecule has 4 rings (SSSR count). The summed E-state index contributed by atoms with van der Waals surface area (Å²) in [6.45, 7) is -0.461. The lowest BCUT2D eigenvalue weighted by Gasteiger charge is -2.18. The Bertz CT molecular complexity index is 1200. The van der Waals surface area contributed by atoms with Crippen molar-refractivity contribution in [3.05, 3.63) is 60.7 Å². The van der Waals surface area contributed by atoms with Gasteiger partial charge in [0.15, 0.2) is 17.3 Å². The van der Waals surface area contributed by atoms with Crippen LogP contribution in [-0.2, 0) is 4.79 Å². The average Bonchev–Trinajstić information content (AvgIpc) is 3.05. The summed E-state index contributed by atoms with van der Waals surface area (Å²) in [6.07, 6.45) is -2.40. The molecule has 2 heterocycles. The fourth-order valence-corrected chi connectivity index (χ4v) is 3.00. The number of alkyl halides is 3. The second-order valence-electron chi connectivity index (χ2n) is 6.63. The molecule has 0 spiro atoms. The highest BCUT2D eigenvalue weighted by Crippen LogP contribution is 2.33. The molecule has 0 radical (unpaired) electrons. The molecule has 3 aromatic rings. The predicted octanol–water partition coefficient (Wildman–Crippen LogP) is 3.86. The van der Waals surface area contributed by atoms with E-state index in [1.54, 1.807) is 0 Å². The maximum Gasteiger partial charge on any atom is 0.573 e. The van der Waals surface area contributed by atoms with Gasteiger partial charge in [-0.2, -0.15) is 0 Å². The molecule has 1 saturated heterocycles. The number of urea groups is 1. The number of nitrogens with two attached hydrogens (primary N) is 1.